The van der Waals surface area contributed by atoms with E-state index >= 15 is 0 Å². The van der Waals surface area contributed by atoms with Gasteiger partial charge in [-0.3, -0.25) is 4.79 Å². The summed E-state index contributed by atoms with van der Waals surface area (Å²) in [6.07, 6.45) is -0.00644. The number of carbonyl (C=O) groups excluding carboxylic acids is 1. The molecule has 0 spiro atoms. The van der Waals surface area contributed by atoms with Crippen LogP contribution in [0.15, 0.2) is 66.7 Å². The number of carbonyl (C=O) groups is 1. The molecule has 3 aromatic carbocycles. The molecule has 2 nitrogen and oxygen atoms in total. The molecule has 0 radical (unpaired) electrons. The van der Waals surface area contributed by atoms with Crippen molar-refractivity contribution in [3.63, 3.8) is 0 Å². The molecule has 5 heteroatoms. The van der Waals surface area contributed by atoms with Crippen LogP contribution in [0.2, 0.25) is 0 Å². The number of amides is 1. The standard InChI is InChI=1S/C20H14F3NO/c21-16-10-11-17(20(23)19(16)22)24-18(25)12-13-6-8-15(9-7-13)14-4-2-1-3-5-14/h1-11H,12H2,(H,24,25). The molecule has 1 N–H and O–H groups in total. The van der Waals surface area contributed by atoms with Crippen LogP contribution in [-0.4, -0.2) is 5.91 Å². The van der Waals surface area contributed by atoms with Crippen LogP contribution in [0.3, 0.4) is 0 Å². The van der Waals surface area contributed by atoms with E-state index in [-0.39, 0.29) is 12.1 Å². The Morgan fingerprint density at radius 2 is 1.40 bits per heavy atom. The molecule has 25 heavy (non-hydrogen) atoms. The van der Waals surface area contributed by atoms with E-state index in [0.29, 0.717) is 0 Å². The van der Waals surface area contributed by atoms with Crippen LogP contribution in [0.5, 0.6) is 0 Å². The quantitative estimate of drug-likeness (QED) is 0.668. The normalized spacial score (nSPS) is 10.5. The average molecular weight is 341 g/mol. The lowest BCUT2D eigenvalue weighted by Gasteiger charge is -2.08. The number of hydrogen-bond donors (Lipinski definition) is 1. The molecule has 126 valence electrons. The SMILES string of the molecule is O=C(Cc1ccc(-c2ccccc2)cc1)Nc1ccc(F)c(F)c1F. The first-order valence-corrected chi connectivity index (χ1v) is 7.62. The van der Waals surface area contributed by atoms with Crippen LogP contribution in [-0.2, 0) is 11.2 Å². The van der Waals surface area contributed by atoms with Crippen LogP contribution in [0.4, 0.5) is 18.9 Å². The number of benzene rings is 3. The summed E-state index contributed by atoms with van der Waals surface area (Å²) >= 11 is 0. The smallest absolute Gasteiger partial charge is 0.228 e. The highest BCUT2D eigenvalue weighted by molar-refractivity contribution is 5.92. The van der Waals surface area contributed by atoms with Gasteiger partial charge in [-0.15, -0.1) is 0 Å². The van der Waals surface area contributed by atoms with Crippen LogP contribution >= 0.6 is 0 Å². The molecule has 0 aliphatic heterocycles. The first-order valence-electron chi connectivity index (χ1n) is 7.62. The van der Waals surface area contributed by atoms with E-state index in [1.807, 2.05) is 42.5 Å². The van der Waals surface area contributed by atoms with Crippen LogP contribution in [0, 0.1) is 17.5 Å². The molecule has 0 bridgehead atoms. The van der Waals surface area contributed by atoms with Crippen LogP contribution in [0.25, 0.3) is 11.1 Å². The van der Waals surface area contributed by atoms with Gasteiger partial charge in [0.15, 0.2) is 17.5 Å². The lowest BCUT2D eigenvalue weighted by molar-refractivity contribution is -0.115. The minimum atomic E-state index is -1.61. The molecule has 0 atom stereocenters. The second-order valence-electron chi connectivity index (χ2n) is 5.51. The number of nitrogens with one attached hydrogen (secondary N) is 1. The zero-order chi connectivity index (χ0) is 17.8. The number of halogens is 3. The third-order valence-electron chi connectivity index (χ3n) is 3.74. The molecular weight excluding hydrogens is 327 g/mol. The van der Waals surface area contributed by atoms with Gasteiger partial charge in [0.05, 0.1) is 12.1 Å². The van der Waals surface area contributed by atoms with E-state index in [9.17, 15) is 18.0 Å². The molecule has 0 aliphatic carbocycles. The lowest BCUT2D eigenvalue weighted by atomic mass is 10.0. The lowest BCUT2D eigenvalue weighted by Crippen LogP contribution is -2.16. The predicted octanol–water partition coefficient (Wildman–Crippen LogP) is 4.95. The van der Waals surface area contributed by atoms with E-state index < -0.39 is 23.4 Å². The van der Waals surface area contributed by atoms with E-state index in [1.54, 1.807) is 12.1 Å². The molecule has 0 unspecified atom stereocenters. The molecule has 0 aromatic heterocycles. The van der Waals surface area contributed by atoms with Gasteiger partial charge >= 0.3 is 0 Å². The Morgan fingerprint density at radius 1 is 0.760 bits per heavy atom. The Labute approximate surface area is 142 Å². The Hall–Kier alpha value is -3.08. The number of anilines is 1. The molecular formula is C20H14F3NO. The van der Waals surface area contributed by atoms with Gasteiger partial charge in [-0.25, -0.2) is 13.2 Å². The number of rotatable bonds is 4. The molecule has 1 amide bonds. The maximum Gasteiger partial charge on any atom is 0.228 e. The largest absolute Gasteiger partial charge is 0.323 e. The first-order chi connectivity index (χ1) is 12.0. The van der Waals surface area contributed by atoms with Crippen molar-refractivity contribution in [1.82, 2.24) is 0 Å². The van der Waals surface area contributed by atoms with Gasteiger partial charge in [0.2, 0.25) is 5.91 Å². The fraction of sp³-hybridized carbons (Fsp3) is 0.0500. The van der Waals surface area contributed by atoms with Gasteiger partial charge in [0, 0.05) is 0 Å². The van der Waals surface area contributed by atoms with Crippen molar-refractivity contribution in [3.8, 4) is 11.1 Å². The molecule has 0 fully saturated rings. The van der Waals surface area contributed by atoms with E-state index in [0.717, 1.165) is 28.8 Å². The van der Waals surface area contributed by atoms with Crippen molar-refractivity contribution in [3.05, 3.63) is 89.7 Å². The van der Waals surface area contributed by atoms with E-state index in [1.165, 1.54) is 0 Å². The van der Waals surface area contributed by atoms with Crippen molar-refractivity contribution < 1.29 is 18.0 Å². The molecule has 0 saturated heterocycles. The highest BCUT2D eigenvalue weighted by atomic mass is 19.2. The first kappa shape index (κ1) is 16.8. The zero-order valence-electron chi connectivity index (χ0n) is 13.1. The second kappa shape index (κ2) is 7.21. The fourth-order valence-corrected chi connectivity index (χ4v) is 2.45. The molecule has 0 aliphatic rings. The van der Waals surface area contributed by atoms with Crippen LogP contribution in [0.1, 0.15) is 5.56 Å². The average Bonchev–Trinajstić information content (AvgIpc) is 2.63. The Bertz CT molecular complexity index is 893. The fourth-order valence-electron chi connectivity index (χ4n) is 2.45. The summed E-state index contributed by atoms with van der Waals surface area (Å²) in [5.41, 5.74) is 2.41. The van der Waals surface area contributed by atoms with Crippen molar-refractivity contribution in [2.45, 2.75) is 6.42 Å². The molecule has 3 aromatic rings. The van der Waals surface area contributed by atoms with Gasteiger partial charge in [-0.2, -0.15) is 0 Å². The minimum absolute atomic E-state index is 0.00644. The molecule has 0 saturated carbocycles. The summed E-state index contributed by atoms with van der Waals surface area (Å²) in [6.45, 7) is 0. The summed E-state index contributed by atoms with van der Waals surface area (Å²) in [5, 5.41) is 2.25. The highest BCUT2D eigenvalue weighted by Crippen LogP contribution is 2.21. The summed E-state index contributed by atoms with van der Waals surface area (Å²) < 4.78 is 39.6. The molecule has 3 rings (SSSR count). The Morgan fingerprint density at radius 3 is 2.08 bits per heavy atom. The zero-order valence-corrected chi connectivity index (χ0v) is 13.1. The van der Waals surface area contributed by atoms with Gasteiger partial charge in [0.25, 0.3) is 0 Å². The van der Waals surface area contributed by atoms with Crippen molar-refractivity contribution in [1.29, 1.82) is 0 Å². The minimum Gasteiger partial charge on any atom is -0.323 e. The third kappa shape index (κ3) is 3.88. The predicted molar refractivity (Wildman–Crippen MR) is 90.5 cm³/mol. The summed E-state index contributed by atoms with van der Waals surface area (Å²) in [4.78, 5) is 12.0. The van der Waals surface area contributed by atoms with Crippen molar-refractivity contribution in [2.75, 3.05) is 5.32 Å². The number of hydrogen-bond acceptors (Lipinski definition) is 1. The maximum atomic E-state index is 13.6. The van der Waals surface area contributed by atoms with Gasteiger partial charge in [-0.1, -0.05) is 54.6 Å². The Kier molecular flexibility index (Phi) is 4.84. The topological polar surface area (TPSA) is 29.1 Å². The van der Waals surface area contributed by atoms with Crippen molar-refractivity contribution >= 4 is 11.6 Å². The van der Waals surface area contributed by atoms with Crippen LogP contribution < -0.4 is 5.32 Å². The van der Waals surface area contributed by atoms with Crippen molar-refractivity contribution in [2.24, 2.45) is 0 Å². The third-order valence-corrected chi connectivity index (χ3v) is 3.74. The summed E-state index contributed by atoms with van der Waals surface area (Å²) in [6, 6.07) is 18.9. The van der Waals surface area contributed by atoms with Gasteiger partial charge in [-0.05, 0) is 28.8 Å². The summed E-state index contributed by atoms with van der Waals surface area (Å²) in [5.74, 6) is -4.83. The van der Waals surface area contributed by atoms with E-state index in [2.05, 4.69) is 5.32 Å². The molecule has 0 heterocycles. The summed E-state index contributed by atoms with van der Waals surface area (Å²) in [7, 11) is 0. The van der Waals surface area contributed by atoms with Gasteiger partial charge < -0.3 is 5.32 Å². The van der Waals surface area contributed by atoms with E-state index in [4.69, 9.17) is 0 Å². The highest BCUT2D eigenvalue weighted by Gasteiger charge is 2.15. The maximum absolute atomic E-state index is 13.6. The Balaban J connectivity index is 1.68. The second-order valence-corrected chi connectivity index (χ2v) is 5.51. The monoisotopic (exact) mass is 341 g/mol. The van der Waals surface area contributed by atoms with Gasteiger partial charge in [0.1, 0.15) is 0 Å².